The molecule has 10 heteroatoms. The molecule has 1 aliphatic heterocycles. The SMILES string of the molecule is C=CCNC1=C2C[C@@H](C)C[C@H](OC)C[C@@H](C)/C=C(\C)[C@H](OC(N)=O)[C@@H](OC)/C=C\C=C(/C)C(=O)NC(=CC1=O)C2=O. The second kappa shape index (κ2) is 15.9. The van der Waals surface area contributed by atoms with E-state index in [9.17, 15) is 19.2 Å². The van der Waals surface area contributed by atoms with Crippen molar-refractivity contribution in [3.63, 3.8) is 0 Å². The Balaban J connectivity index is 2.57. The van der Waals surface area contributed by atoms with Crippen LogP contribution in [0.1, 0.15) is 47.0 Å². The largest absolute Gasteiger partial charge is 0.439 e. The molecule has 224 valence electrons. The summed E-state index contributed by atoms with van der Waals surface area (Å²) in [6.07, 6.45) is 8.54. The van der Waals surface area contributed by atoms with E-state index in [-0.39, 0.29) is 34.9 Å². The predicted molar refractivity (Wildman–Crippen MR) is 156 cm³/mol. The van der Waals surface area contributed by atoms with E-state index in [0.717, 1.165) is 11.6 Å². The van der Waals surface area contributed by atoms with Crippen LogP contribution >= 0.6 is 0 Å². The van der Waals surface area contributed by atoms with E-state index < -0.39 is 35.8 Å². The van der Waals surface area contributed by atoms with Gasteiger partial charge in [-0.1, -0.05) is 44.2 Å². The van der Waals surface area contributed by atoms with E-state index in [1.54, 1.807) is 32.3 Å². The van der Waals surface area contributed by atoms with Gasteiger partial charge in [0.25, 0.3) is 5.91 Å². The van der Waals surface area contributed by atoms with E-state index in [1.165, 1.54) is 13.2 Å². The summed E-state index contributed by atoms with van der Waals surface area (Å²) in [7, 11) is 3.11. The number of fused-ring (bicyclic) bond motifs is 2. The topological polar surface area (TPSA) is 146 Å². The van der Waals surface area contributed by atoms with Gasteiger partial charge >= 0.3 is 6.09 Å². The van der Waals surface area contributed by atoms with Gasteiger partial charge in [-0.2, -0.15) is 0 Å². The number of hydrogen-bond donors (Lipinski definition) is 3. The second-order valence-electron chi connectivity index (χ2n) is 10.5. The third-order valence-corrected chi connectivity index (χ3v) is 7.01. The highest BCUT2D eigenvalue weighted by atomic mass is 16.6. The van der Waals surface area contributed by atoms with Gasteiger partial charge in [0, 0.05) is 38.0 Å². The zero-order valence-corrected chi connectivity index (χ0v) is 24.8. The van der Waals surface area contributed by atoms with Gasteiger partial charge in [-0.15, -0.1) is 6.58 Å². The van der Waals surface area contributed by atoms with Crippen molar-refractivity contribution in [2.75, 3.05) is 20.8 Å². The highest BCUT2D eigenvalue weighted by Gasteiger charge is 2.31. The lowest BCUT2D eigenvalue weighted by molar-refractivity contribution is -0.120. The maximum absolute atomic E-state index is 13.5. The Morgan fingerprint density at radius 1 is 1.17 bits per heavy atom. The fourth-order valence-electron chi connectivity index (χ4n) is 5.00. The summed E-state index contributed by atoms with van der Waals surface area (Å²) in [4.78, 5) is 51.2. The quantitative estimate of drug-likeness (QED) is 0.325. The average Bonchev–Trinajstić information content (AvgIpc) is 2.91. The van der Waals surface area contributed by atoms with Crippen LogP contribution in [0.3, 0.4) is 0 Å². The van der Waals surface area contributed by atoms with E-state index in [2.05, 4.69) is 17.2 Å². The summed E-state index contributed by atoms with van der Waals surface area (Å²) < 4.78 is 16.8. The Morgan fingerprint density at radius 2 is 1.88 bits per heavy atom. The number of amides is 2. The monoisotopic (exact) mass is 569 g/mol. The van der Waals surface area contributed by atoms with Crippen molar-refractivity contribution in [3.05, 3.63) is 71.1 Å². The van der Waals surface area contributed by atoms with Crippen LogP contribution in [0.15, 0.2) is 71.1 Å². The molecule has 0 unspecified atom stereocenters. The number of nitrogens with two attached hydrogens (primary N) is 1. The number of nitrogens with one attached hydrogen (secondary N) is 2. The van der Waals surface area contributed by atoms with E-state index >= 15 is 0 Å². The van der Waals surface area contributed by atoms with Crippen molar-refractivity contribution < 1.29 is 33.4 Å². The van der Waals surface area contributed by atoms with Crippen molar-refractivity contribution in [1.82, 2.24) is 10.6 Å². The molecule has 2 rings (SSSR count). The third-order valence-electron chi connectivity index (χ3n) is 7.01. The van der Waals surface area contributed by atoms with Gasteiger partial charge in [0.2, 0.25) is 11.6 Å². The van der Waals surface area contributed by atoms with Crippen molar-refractivity contribution in [1.29, 1.82) is 0 Å². The fourth-order valence-corrected chi connectivity index (χ4v) is 5.00. The number of primary amides is 1. The lowest BCUT2D eigenvalue weighted by Gasteiger charge is -2.26. The minimum Gasteiger partial charge on any atom is -0.439 e. The first-order chi connectivity index (χ1) is 19.4. The molecule has 4 N–H and O–H groups in total. The summed E-state index contributed by atoms with van der Waals surface area (Å²) in [5.41, 5.74) is 6.84. The maximum Gasteiger partial charge on any atom is 0.405 e. The smallest absolute Gasteiger partial charge is 0.405 e. The lowest BCUT2D eigenvalue weighted by atomic mass is 9.86. The normalized spacial score (nSPS) is 30.2. The molecule has 2 aliphatic rings. The summed E-state index contributed by atoms with van der Waals surface area (Å²) in [5.74, 6) is -1.34. The first-order valence-electron chi connectivity index (χ1n) is 13.7. The molecule has 0 aromatic carbocycles. The Hall–Kier alpha value is -3.76. The summed E-state index contributed by atoms with van der Waals surface area (Å²) in [5, 5.41) is 5.60. The van der Waals surface area contributed by atoms with E-state index in [0.29, 0.717) is 31.4 Å². The van der Waals surface area contributed by atoms with Gasteiger partial charge in [0.05, 0.1) is 17.5 Å². The molecule has 0 radical (unpaired) electrons. The fraction of sp³-hybridized carbons (Fsp3) is 0.484. The van der Waals surface area contributed by atoms with Crippen molar-refractivity contribution >= 4 is 23.6 Å². The zero-order valence-electron chi connectivity index (χ0n) is 24.8. The number of carbonyl (C=O) groups is 4. The lowest BCUT2D eigenvalue weighted by Crippen LogP contribution is -2.36. The minimum absolute atomic E-state index is 0.0312. The van der Waals surface area contributed by atoms with Gasteiger partial charge in [-0.05, 0) is 50.5 Å². The van der Waals surface area contributed by atoms with Gasteiger partial charge in [0.1, 0.15) is 6.10 Å². The van der Waals surface area contributed by atoms with Gasteiger partial charge in [-0.3, -0.25) is 14.4 Å². The van der Waals surface area contributed by atoms with E-state index in [4.69, 9.17) is 19.9 Å². The number of allylic oxidation sites excluding steroid dienone is 5. The van der Waals surface area contributed by atoms with Crippen LogP contribution in [0.5, 0.6) is 0 Å². The molecular weight excluding hydrogens is 526 g/mol. The minimum atomic E-state index is -0.936. The van der Waals surface area contributed by atoms with Gasteiger partial charge < -0.3 is 30.6 Å². The third kappa shape index (κ3) is 9.68. The van der Waals surface area contributed by atoms with Crippen molar-refractivity contribution in [3.8, 4) is 0 Å². The predicted octanol–water partition coefficient (Wildman–Crippen LogP) is 3.57. The van der Waals surface area contributed by atoms with Crippen LogP contribution in [-0.2, 0) is 28.6 Å². The van der Waals surface area contributed by atoms with Crippen molar-refractivity contribution in [2.45, 2.75) is 65.3 Å². The summed E-state index contributed by atoms with van der Waals surface area (Å²) in [6, 6.07) is 0. The molecule has 5 atom stereocenters. The van der Waals surface area contributed by atoms with Gasteiger partial charge in [0.15, 0.2) is 6.10 Å². The first-order valence-corrected chi connectivity index (χ1v) is 13.7. The molecule has 0 fully saturated rings. The molecular formula is C31H43N3O7. The summed E-state index contributed by atoms with van der Waals surface area (Å²) in [6.45, 7) is 11.4. The maximum atomic E-state index is 13.5. The molecule has 0 spiro atoms. The molecule has 0 aromatic rings. The Labute approximate surface area is 242 Å². The first kappa shape index (κ1) is 33.4. The number of ether oxygens (including phenoxy) is 3. The number of Topliss-reactive ketones (excluding diaryl/α,β-unsaturated/α-hetero) is 1. The van der Waals surface area contributed by atoms with Crippen LogP contribution in [0, 0.1) is 11.8 Å². The van der Waals surface area contributed by atoms with Crippen LogP contribution in [-0.4, -0.2) is 62.6 Å². The summed E-state index contributed by atoms with van der Waals surface area (Å²) >= 11 is 0. The Kier molecular flexibility index (Phi) is 13.0. The molecule has 10 nitrogen and oxygen atoms in total. The Bertz CT molecular complexity index is 1180. The molecule has 0 saturated carbocycles. The second-order valence-corrected chi connectivity index (χ2v) is 10.5. The van der Waals surface area contributed by atoms with E-state index in [1.807, 2.05) is 26.8 Å². The van der Waals surface area contributed by atoms with Crippen molar-refractivity contribution in [2.24, 2.45) is 17.6 Å². The molecule has 2 amide bonds. The van der Waals surface area contributed by atoms with Crippen LogP contribution in [0.2, 0.25) is 0 Å². The van der Waals surface area contributed by atoms with Crippen LogP contribution < -0.4 is 16.4 Å². The zero-order chi connectivity index (χ0) is 30.7. The molecule has 1 aliphatic carbocycles. The molecule has 2 bridgehead atoms. The number of hydrogen-bond acceptors (Lipinski definition) is 8. The Morgan fingerprint density at radius 3 is 2.49 bits per heavy atom. The average molecular weight is 570 g/mol. The number of ketones is 2. The number of methoxy groups -OCH3 is 2. The molecule has 1 heterocycles. The van der Waals surface area contributed by atoms with Crippen LogP contribution in [0.25, 0.3) is 0 Å². The number of carbonyl (C=O) groups excluding carboxylic acids is 4. The molecule has 41 heavy (non-hydrogen) atoms. The van der Waals surface area contributed by atoms with Gasteiger partial charge in [-0.25, -0.2) is 4.79 Å². The standard InChI is InChI=1S/C31H43N3O7/c1-8-12-33-27-23-16-19(3)15-22(39-6)14-18(2)13-21(5)29(41-31(32)38)26(40-7)11-9-10-20(4)30(37)34-24(28(23)36)17-25(27)35/h8-11,13,17-19,22,26,29,33H,1,12,14-16H2,2-7H3,(H2,32,38)(H,34,37)/b11-9-,20-10+,21-13+/t18-,19-,22+,26-,29-/m0/s1. The van der Waals surface area contributed by atoms with Crippen LogP contribution in [0.4, 0.5) is 4.79 Å². The highest BCUT2D eigenvalue weighted by molar-refractivity contribution is 6.23. The number of rotatable bonds is 6. The molecule has 0 aromatic heterocycles. The molecule has 0 saturated heterocycles. The highest BCUT2D eigenvalue weighted by Crippen LogP contribution is 2.28.